The molecule has 0 spiro atoms. The average molecular weight is 272 g/mol. The first-order valence-corrected chi connectivity index (χ1v) is 5.28. The van der Waals surface area contributed by atoms with Gasteiger partial charge in [0.25, 0.3) is 0 Å². The third kappa shape index (κ3) is 2.62. The molecule has 0 amide bonds. The van der Waals surface area contributed by atoms with Crippen molar-refractivity contribution in [1.82, 2.24) is 15.0 Å². The summed E-state index contributed by atoms with van der Waals surface area (Å²) in [5.41, 5.74) is -0.346. The molecule has 5 nitrogen and oxygen atoms in total. The van der Waals surface area contributed by atoms with Crippen LogP contribution in [-0.2, 0) is 0 Å². The molecule has 8 heteroatoms. The summed E-state index contributed by atoms with van der Waals surface area (Å²) < 4.78 is 26.8. The molecule has 0 fully saturated rings. The van der Waals surface area contributed by atoms with Crippen molar-refractivity contribution >= 4 is 29.2 Å². The molecule has 18 heavy (non-hydrogen) atoms. The van der Waals surface area contributed by atoms with E-state index in [0.29, 0.717) is 0 Å². The van der Waals surface area contributed by atoms with Gasteiger partial charge in [-0.15, -0.1) is 0 Å². The minimum atomic E-state index is -0.752. The van der Waals surface area contributed by atoms with Gasteiger partial charge in [-0.2, -0.15) is 15.0 Å². The molecular weight excluding hydrogens is 264 g/mol. The van der Waals surface area contributed by atoms with Crippen LogP contribution in [0.2, 0.25) is 5.28 Å². The van der Waals surface area contributed by atoms with Crippen LogP contribution in [0.4, 0.5) is 26.4 Å². The molecule has 1 aromatic heterocycles. The molecular formula is C10H8ClF2N5. The maximum atomic E-state index is 13.4. The van der Waals surface area contributed by atoms with E-state index >= 15 is 0 Å². The van der Waals surface area contributed by atoms with Crippen molar-refractivity contribution in [2.24, 2.45) is 0 Å². The fourth-order valence-electron chi connectivity index (χ4n) is 1.25. The normalized spacial score (nSPS) is 10.2. The van der Waals surface area contributed by atoms with Crippen LogP contribution in [0.1, 0.15) is 0 Å². The van der Waals surface area contributed by atoms with E-state index in [-0.39, 0.29) is 22.9 Å². The summed E-state index contributed by atoms with van der Waals surface area (Å²) in [6.45, 7) is 0. The first-order chi connectivity index (χ1) is 8.60. The largest absolute Gasteiger partial charge is 0.357 e. The van der Waals surface area contributed by atoms with E-state index in [1.54, 1.807) is 7.05 Å². The molecule has 0 aliphatic rings. The number of para-hydroxylation sites is 1. The predicted octanol–water partition coefficient (Wildman–Crippen LogP) is 2.59. The molecule has 2 N–H and O–H groups in total. The number of hydrogen-bond donors (Lipinski definition) is 2. The zero-order valence-corrected chi connectivity index (χ0v) is 9.96. The molecule has 0 radical (unpaired) electrons. The summed E-state index contributed by atoms with van der Waals surface area (Å²) in [6.07, 6.45) is 0. The van der Waals surface area contributed by atoms with E-state index in [1.165, 1.54) is 6.07 Å². The van der Waals surface area contributed by atoms with E-state index < -0.39 is 11.6 Å². The van der Waals surface area contributed by atoms with Crippen molar-refractivity contribution in [3.8, 4) is 0 Å². The first kappa shape index (κ1) is 12.4. The summed E-state index contributed by atoms with van der Waals surface area (Å²) >= 11 is 5.64. The van der Waals surface area contributed by atoms with Crippen LogP contribution < -0.4 is 10.6 Å². The lowest BCUT2D eigenvalue weighted by Crippen LogP contribution is -2.05. The molecule has 0 bridgehead atoms. The third-order valence-corrected chi connectivity index (χ3v) is 2.20. The first-order valence-electron chi connectivity index (χ1n) is 4.90. The Kier molecular flexibility index (Phi) is 3.52. The second kappa shape index (κ2) is 5.09. The van der Waals surface area contributed by atoms with Crippen LogP contribution in [0.25, 0.3) is 0 Å². The highest BCUT2D eigenvalue weighted by molar-refractivity contribution is 6.28. The Morgan fingerprint density at radius 1 is 1.06 bits per heavy atom. The second-order valence-electron chi connectivity index (χ2n) is 3.22. The molecule has 94 valence electrons. The van der Waals surface area contributed by atoms with Gasteiger partial charge in [-0.3, -0.25) is 0 Å². The van der Waals surface area contributed by atoms with E-state index in [0.717, 1.165) is 12.1 Å². The number of benzene rings is 1. The van der Waals surface area contributed by atoms with Gasteiger partial charge in [0.15, 0.2) is 0 Å². The molecule has 0 aliphatic carbocycles. The fraction of sp³-hybridized carbons (Fsp3) is 0.100. The quantitative estimate of drug-likeness (QED) is 0.898. The Morgan fingerprint density at radius 3 is 2.28 bits per heavy atom. The molecule has 0 saturated carbocycles. The lowest BCUT2D eigenvalue weighted by atomic mass is 10.3. The predicted molar refractivity (Wildman–Crippen MR) is 64.0 cm³/mol. The molecule has 0 atom stereocenters. The van der Waals surface area contributed by atoms with Crippen LogP contribution in [-0.4, -0.2) is 22.0 Å². The van der Waals surface area contributed by atoms with Gasteiger partial charge < -0.3 is 10.6 Å². The summed E-state index contributed by atoms with van der Waals surface area (Å²) in [5, 5.41) is 4.98. The lowest BCUT2D eigenvalue weighted by Gasteiger charge is -2.08. The third-order valence-electron chi connectivity index (χ3n) is 2.03. The van der Waals surface area contributed by atoms with Crippen molar-refractivity contribution in [2.75, 3.05) is 17.7 Å². The Labute approximate surface area is 106 Å². The van der Waals surface area contributed by atoms with Crippen molar-refractivity contribution in [3.05, 3.63) is 35.1 Å². The number of anilines is 3. The maximum absolute atomic E-state index is 13.4. The van der Waals surface area contributed by atoms with Gasteiger partial charge in [-0.05, 0) is 23.7 Å². The minimum absolute atomic E-state index is 0.0525. The van der Waals surface area contributed by atoms with Gasteiger partial charge in [0, 0.05) is 7.05 Å². The van der Waals surface area contributed by atoms with Gasteiger partial charge in [-0.25, -0.2) is 8.78 Å². The summed E-state index contributed by atoms with van der Waals surface area (Å²) in [7, 11) is 1.58. The molecule has 1 heterocycles. The highest BCUT2D eigenvalue weighted by Gasteiger charge is 2.11. The number of halogens is 3. The molecule has 1 aromatic carbocycles. The number of nitrogens with one attached hydrogen (secondary N) is 2. The van der Waals surface area contributed by atoms with Gasteiger partial charge >= 0.3 is 0 Å². The summed E-state index contributed by atoms with van der Waals surface area (Å²) in [5.74, 6) is -1.37. The van der Waals surface area contributed by atoms with E-state index in [9.17, 15) is 8.78 Å². The van der Waals surface area contributed by atoms with Gasteiger partial charge in [0.2, 0.25) is 17.2 Å². The second-order valence-corrected chi connectivity index (χ2v) is 3.56. The number of nitrogens with zero attached hydrogens (tertiary/aromatic N) is 3. The molecule has 0 saturated heterocycles. The number of rotatable bonds is 3. The number of hydrogen-bond acceptors (Lipinski definition) is 5. The van der Waals surface area contributed by atoms with Crippen molar-refractivity contribution in [1.29, 1.82) is 0 Å². The smallest absolute Gasteiger partial charge is 0.233 e. The Balaban J connectivity index is 2.37. The molecule has 0 unspecified atom stereocenters. The van der Waals surface area contributed by atoms with Gasteiger partial charge in [0.1, 0.15) is 17.3 Å². The minimum Gasteiger partial charge on any atom is -0.357 e. The SMILES string of the molecule is CNc1nc(Cl)nc(Nc2c(F)cccc2F)n1. The van der Waals surface area contributed by atoms with Crippen LogP contribution >= 0.6 is 11.6 Å². The van der Waals surface area contributed by atoms with Crippen molar-refractivity contribution in [3.63, 3.8) is 0 Å². The summed E-state index contributed by atoms with van der Waals surface area (Å²) in [6, 6.07) is 3.50. The van der Waals surface area contributed by atoms with Crippen LogP contribution in [0.3, 0.4) is 0 Å². The maximum Gasteiger partial charge on any atom is 0.233 e. The lowest BCUT2D eigenvalue weighted by molar-refractivity contribution is 0.590. The Morgan fingerprint density at radius 2 is 1.67 bits per heavy atom. The highest BCUT2D eigenvalue weighted by atomic mass is 35.5. The molecule has 2 rings (SSSR count). The van der Waals surface area contributed by atoms with Crippen molar-refractivity contribution in [2.45, 2.75) is 0 Å². The van der Waals surface area contributed by atoms with Crippen LogP contribution in [0, 0.1) is 11.6 Å². The van der Waals surface area contributed by atoms with Gasteiger partial charge in [-0.1, -0.05) is 6.07 Å². The monoisotopic (exact) mass is 271 g/mol. The average Bonchev–Trinajstić information content (AvgIpc) is 2.33. The van der Waals surface area contributed by atoms with Crippen LogP contribution in [0.5, 0.6) is 0 Å². The summed E-state index contributed by atoms with van der Waals surface area (Å²) in [4.78, 5) is 11.3. The van der Waals surface area contributed by atoms with Gasteiger partial charge in [0.05, 0.1) is 0 Å². The van der Waals surface area contributed by atoms with E-state index in [4.69, 9.17) is 11.6 Å². The van der Waals surface area contributed by atoms with Crippen molar-refractivity contribution < 1.29 is 8.78 Å². The topological polar surface area (TPSA) is 62.7 Å². The Hall–Kier alpha value is -2.02. The van der Waals surface area contributed by atoms with Crippen LogP contribution in [0.15, 0.2) is 18.2 Å². The number of aromatic nitrogens is 3. The molecule has 2 aromatic rings. The highest BCUT2D eigenvalue weighted by Crippen LogP contribution is 2.22. The fourth-order valence-corrected chi connectivity index (χ4v) is 1.41. The standard InChI is InChI=1S/C10H8ClF2N5/c1-14-9-16-8(11)17-10(18-9)15-7-5(12)3-2-4-6(7)13/h2-4H,1H3,(H2,14,15,16,17,18). The van der Waals surface area contributed by atoms with E-state index in [1.807, 2.05) is 0 Å². The van der Waals surface area contributed by atoms with E-state index in [2.05, 4.69) is 25.6 Å². The molecule has 0 aliphatic heterocycles. The zero-order chi connectivity index (χ0) is 13.1. The Bertz CT molecular complexity index is 558. The zero-order valence-electron chi connectivity index (χ0n) is 9.21.